The van der Waals surface area contributed by atoms with Crippen molar-refractivity contribution in [3.8, 4) is 0 Å². The molecule has 8 nitrogen and oxygen atoms in total. The predicted octanol–water partition coefficient (Wildman–Crippen LogP) is -1.40. The fraction of sp³-hybridized carbons (Fsp3) is 0.667. The molecule has 80 valence electrons. The number of nitrogens with zero attached hydrogens (tertiary/aromatic N) is 1. The van der Waals surface area contributed by atoms with E-state index in [1.807, 2.05) is 0 Å². The minimum absolute atomic E-state index is 0.362. The lowest BCUT2D eigenvalue weighted by atomic mass is 10.2. The van der Waals surface area contributed by atoms with Crippen LogP contribution in [0.2, 0.25) is 0 Å². The Hall–Kier alpha value is -1.70. The summed E-state index contributed by atoms with van der Waals surface area (Å²) in [7, 11) is 0. The minimum Gasteiger partial charge on any atom is -0.352 e. The Balaban J connectivity index is 3.40. The van der Waals surface area contributed by atoms with E-state index in [-0.39, 0.29) is 5.96 Å². The van der Waals surface area contributed by atoms with Gasteiger partial charge in [0.15, 0.2) is 5.03 Å². The Labute approximate surface area is 80.5 Å². The molecule has 8 heteroatoms. The van der Waals surface area contributed by atoms with Gasteiger partial charge in [-0.15, -0.1) is 0 Å². The highest BCUT2D eigenvalue weighted by Crippen LogP contribution is 1.89. The highest BCUT2D eigenvalue weighted by Gasteiger charge is 2.02. The molecule has 0 radical (unpaired) electrons. The highest BCUT2D eigenvalue weighted by atomic mass is 16.7. The Kier molecular flexibility index (Phi) is 5.95. The topological polar surface area (TPSA) is 134 Å². The molecule has 1 unspecified atom stereocenters. The first-order valence-electron chi connectivity index (χ1n) is 4.00. The van der Waals surface area contributed by atoms with Crippen molar-refractivity contribution < 1.29 is 9.83 Å². The molecule has 0 spiro atoms. The largest absolute Gasteiger partial charge is 0.352 e. The summed E-state index contributed by atoms with van der Waals surface area (Å²) in [6, 6.07) is -0.505. The number of carbonyl (C=O) groups is 1. The molecule has 0 aromatic carbocycles. The minimum atomic E-state index is -0.827. The highest BCUT2D eigenvalue weighted by molar-refractivity contribution is 5.74. The number of guanidine groups is 1. The van der Waals surface area contributed by atoms with Crippen molar-refractivity contribution in [1.82, 2.24) is 10.7 Å². The molecule has 1 atom stereocenters. The summed E-state index contributed by atoms with van der Waals surface area (Å²) in [6.07, 6.45) is 1.70. The smallest absolute Gasteiger partial charge is 0.251 e. The van der Waals surface area contributed by atoms with Gasteiger partial charge in [-0.2, -0.15) is 0 Å². The van der Waals surface area contributed by atoms with Crippen molar-refractivity contribution in [2.75, 3.05) is 6.54 Å². The molecule has 0 aliphatic heterocycles. The van der Waals surface area contributed by atoms with Gasteiger partial charge in [-0.25, -0.2) is 10.1 Å². The maximum absolute atomic E-state index is 10.1. The van der Waals surface area contributed by atoms with Crippen molar-refractivity contribution in [1.29, 1.82) is 5.41 Å². The molecule has 0 saturated carbocycles. The van der Waals surface area contributed by atoms with E-state index in [1.54, 1.807) is 5.43 Å². The number of nitrogens with one attached hydrogen (secondary N) is 3. The second kappa shape index (κ2) is 6.78. The van der Waals surface area contributed by atoms with Gasteiger partial charge >= 0.3 is 0 Å². The van der Waals surface area contributed by atoms with Gasteiger partial charge in [-0.3, -0.25) is 5.41 Å². The second-order valence-corrected chi connectivity index (χ2v) is 2.61. The number of nitrogens with two attached hydrogens (primary N) is 1. The van der Waals surface area contributed by atoms with E-state index >= 15 is 0 Å². The van der Waals surface area contributed by atoms with Gasteiger partial charge in [0.1, 0.15) is 6.29 Å². The number of hydrogen-bond acceptors (Lipinski definition) is 5. The van der Waals surface area contributed by atoms with Crippen LogP contribution in [0.1, 0.15) is 12.8 Å². The lowest BCUT2D eigenvalue weighted by Crippen LogP contribution is -2.40. The maximum atomic E-state index is 10.1. The van der Waals surface area contributed by atoms with Crippen LogP contribution in [0.5, 0.6) is 0 Å². The molecule has 0 amide bonds. The first-order valence-corrected chi connectivity index (χ1v) is 4.00. The van der Waals surface area contributed by atoms with E-state index in [4.69, 9.17) is 11.1 Å². The summed E-state index contributed by atoms with van der Waals surface area (Å²) in [5, 5.41) is 18.5. The normalized spacial score (nSPS) is 11.5. The van der Waals surface area contributed by atoms with Crippen LogP contribution in [-0.2, 0) is 4.79 Å². The van der Waals surface area contributed by atoms with Crippen LogP contribution in [0, 0.1) is 15.5 Å². The standard InChI is InChI=1S/C6H13N5O3/c7-5(4-12)2-1-3-9-6(8)10-11(13)14/h4-5H,1-3,7H2,(H3,8,9,10). The first-order chi connectivity index (χ1) is 6.56. The van der Waals surface area contributed by atoms with Crippen LogP contribution in [0.15, 0.2) is 0 Å². The van der Waals surface area contributed by atoms with E-state index in [9.17, 15) is 14.9 Å². The molecule has 0 aliphatic rings. The molecular weight excluding hydrogens is 190 g/mol. The van der Waals surface area contributed by atoms with Crippen LogP contribution >= 0.6 is 0 Å². The molecule has 0 aromatic rings. The van der Waals surface area contributed by atoms with E-state index < -0.39 is 11.1 Å². The summed E-state index contributed by atoms with van der Waals surface area (Å²) >= 11 is 0. The van der Waals surface area contributed by atoms with Crippen LogP contribution in [0.4, 0.5) is 0 Å². The Morgan fingerprint density at radius 3 is 2.86 bits per heavy atom. The van der Waals surface area contributed by atoms with Crippen LogP contribution < -0.4 is 16.5 Å². The van der Waals surface area contributed by atoms with Crippen LogP contribution in [0.3, 0.4) is 0 Å². The number of nitro groups is 1. The van der Waals surface area contributed by atoms with Crippen molar-refractivity contribution in [3.63, 3.8) is 0 Å². The number of rotatable bonds is 6. The molecule has 0 rings (SSSR count). The lowest BCUT2D eigenvalue weighted by molar-refractivity contribution is -0.525. The van der Waals surface area contributed by atoms with Gasteiger partial charge in [0.05, 0.1) is 6.04 Å². The summed E-state index contributed by atoms with van der Waals surface area (Å²) in [5.74, 6) is -0.380. The quantitative estimate of drug-likeness (QED) is 0.105. The average molecular weight is 203 g/mol. The van der Waals surface area contributed by atoms with Crippen LogP contribution in [0.25, 0.3) is 0 Å². The third-order valence-electron chi connectivity index (χ3n) is 1.39. The number of hydrazine groups is 1. The fourth-order valence-electron chi connectivity index (χ4n) is 0.750. The summed E-state index contributed by atoms with van der Waals surface area (Å²) < 4.78 is 0. The van der Waals surface area contributed by atoms with Crippen molar-refractivity contribution in [2.24, 2.45) is 5.73 Å². The Morgan fingerprint density at radius 1 is 1.71 bits per heavy atom. The fourth-order valence-corrected chi connectivity index (χ4v) is 0.750. The van der Waals surface area contributed by atoms with E-state index in [0.29, 0.717) is 25.7 Å². The SMILES string of the molecule is N=C(NCCCC(N)C=O)N[N+](=O)[O-]. The number of aldehydes is 1. The Morgan fingerprint density at radius 2 is 2.36 bits per heavy atom. The van der Waals surface area contributed by atoms with Gasteiger partial charge in [0.25, 0.3) is 5.96 Å². The van der Waals surface area contributed by atoms with Gasteiger partial charge in [0.2, 0.25) is 0 Å². The average Bonchev–Trinajstić information content (AvgIpc) is 2.10. The molecular formula is C6H13N5O3. The van der Waals surface area contributed by atoms with E-state index in [2.05, 4.69) is 5.32 Å². The number of carbonyl (C=O) groups excluding carboxylic acids is 1. The zero-order chi connectivity index (χ0) is 11.0. The van der Waals surface area contributed by atoms with Crippen molar-refractivity contribution in [3.05, 3.63) is 10.1 Å². The summed E-state index contributed by atoms with van der Waals surface area (Å²) in [5.41, 5.74) is 6.94. The molecule has 5 N–H and O–H groups in total. The lowest BCUT2D eigenvalue weighted by Gasteiger charge is -2.05. The molecule has 0 bridgehead atoms. The summed E-state index contributed by atoms with van der Waals surface area (Å²) in [6.45, 7) is 0.362. The first kappa shape index (κ1) is 12.3. The molecule has 14 heavy (non-hydrogen) atoms. The maximum Gasteiger partial charge on any atom is 0.251 e. The van der Waals surface area contributed by atoms with Crippen LogP contribution in [-0.4, -0.2) is 29.9 Å². The molecule has 0 heterocycles. The molecule has 0 fully saturated rings. The summed E-state index contributed by atoms with van der Waals surface area (Å²) in [4.78, 5) is 19.9. The number of hydrogen-bond donors (Lipinski definition) is 4. The predicted molar refractivity (Wildman–Crippen MR) is 49.1 cm³/mol. The third-order valence-corrected chi connectivity index (χ3v) is 1.39. The molecule has 0 aliphatic carbocycles. The zero-order valence-electron chi connectivity index (χ0n) is 7.53. The zero-order valence-corrected chi connectivity index (χ0v) is 7.53. The van der Waals surface area contributed by atoms with Gasteiger partial charge in [-0.05, 0) is 12.8 Å². The van der Waals surface area contributed by atoms with Gasteiger partial charge < -0.3 is 15.8 Å². The van der Waals surface area contributed by atoms with Gasteiger partial charge in [0, 0.05) is 6.54 Å². The third kappa shape index (κ3) is 6.98. The second-order valence-electron chi connectivity index (χ2n) is 2.61. The molecule has 0 aromatic heterocycles. The van der Waals surface area contributed by atoms with Gasteiger partial charge in [-0.1, -0.05) is 5.43 Å². The van der Waals surface area contributed by atoms with E-state index in [0.717, 1.165) is 0 Å². The van der Waals surface area contributed by atoms with Crippen molar-refractivity contribution >= 4 is 12.2 Å². The molecule has 0 saturated heterocycles. The Bertz CT molecular complexity index is 220. The van der Waals surface area contributed by atoms with E-state index in [1.165, 1.54) is 0 Å². The monoisotopic (exact) mass is 203 g/mol. The van der Waals surface area contributed by atoms with Crippen molar-refractivity contribution in [2.45, 2.75) is 18.9 Å².